The highest BCUT2D eigenvalue weighted by Gasteiger charge is 2.26. The van der Waals surface area contributed by atoms with E-state index in [9.17, 15) is 14.7 Å². The standard InChI is InChI=1S/C30H28N2O5/c1-18-27(31-30(35)36-19(2)20-7-4-3-5-8-20)28(37-32-18)22-13-11-21(12-14-22)23-15-16-25-24(17-23)9-6-10-26(25)29(33)34/h3-5,7-8,11-17,19,26H,6,9-10H2,1-2H3,(H,31,35)(H,33,34)/t19-,26?/m1/s1. The van der Waals surface area contributed by atoms with Crippen molar-refractivity contribution in [3.63, 3.8) is 0 Å². The second-order valence-electron chi connectivity index (χ2n) is 9.33. The maximum atomic E-state index is 12.6. The highest BCUT2D eigenvalue weighted by Crippen LogP contribution is 2.36. The van der Waals surface area contributed by atoms with Gasteiger partial charge in [0.25, 0.3) is 0 Å². The van der Waals surface area contributed by atoms with E-state index in [0.717, 1.165) is 46.2 Å². The molecule has 0 bridgehead atoms. The number of hydrogen-bond acceptors (Lipinski definition) is 5. The summed E-state index contributed by atoms with van der Waals surface area (Å²) in [6.07, 6.45) is 1.44. The summed E-state index contributed by atoms with van der Waals surface area (Å²) in [6.45, 7) is 3.58. The zero-order valence-electron chi connectivity index (χ0n) is 20.7. The van der Waals surface area contributed by atoms with Gasteiger partial charge in [-0.15, -0.1) is 0 Å². The normalized spacial score (nSPS) is 15.5. The van der Waals surface area contributed by atoms with E-state index in [1.807, 2.05) is 73.7 Å². The minimum atomic E-state index is -0.761. The SMILES string of the molecule is Cc1noc(-c2ccc(-c3ccc4c(c3)CCCC4C(=O)O)cc2)c1NC(=O)O[C@H](C)c1ccccc1. The van der Waals surface area contributed by atoms with Crippen molar-refractivity contribution in [2.75, 3.05) is 5.32 Å². The lowest BCUT2D eigenvalue weighted by molar-refractivity contribution is -0.139. The number of ether oxygens (including phenoxy) is 1. The van der Waals surface area contributed by atoms with Crippen LogP contribution in [0.25, 0.3) is 22.5 Å². The number of benzene rings is 3. The van der Waals surface area contributed by atoms with Gasteiger partial charge in [-0.3, -0.25) is 10.1 Å². The number of aliphatic carboxylic acids is 1. The molecule has 1 aromatic heterocycles. The molecule has 7 nitrogen and oxygen atoms in total. The van der Waals surface area contributed by atoms with Crippen LogP contribution in [0.2, 0.25) is 0 Å². The van der Waals surface area contributed by atoms with Crippen LogP contribution in [0.4, 0.5) is 10.5 Å². The Bertz CT molecular complexity index is 1430. The Balaban J connectivity index is 1.33. The molecule has 0 aliphatic heterocycles. The molecule has 0 fully saturated rings. The Kier molecular flexibility index (Phi) is 6.77. The molecule has 1 amide bonds. The molecule has 2 atom stereocenters. The summed E-state index contributed by atoms with van der Waals surface area (Å²) in [5.74, 6) is -0.741. The van der Waals surface area contributed by atoms with Gasteiger partial charge in [-0.05, 0) is 60.9 Å². The molecule has 0 spiro atoms. The number of nitrogens with zero attached hydrogens (tertiary/aromatic N) is 1. The molecule has 3 aromatic carbocycles. The third-order valence-electron chi connectivity index (χ3n) is 6.88. The molecule has 4 aromatic rings. The average molecular weight is 497 g/mol. The second kappa shape index (κ2) is 10.3. The zero-order chi connectivity index (χ0) is 25.9. The summed E-state index contributed by atoms with van der Waals surface area (Å²) in [5, 5.41) is 16.4. The van der Waals surface area contributed by atoms with Gasteiger partial charge in [-0.25, -0.2) is 4.79 Å². The van der Waals surface area contributed by atoms with Crippen molar-refractivity contribution < 1.29 is 24.0 Å². The van der Waals surface area contributed by atoms with E-state index in [0.29, 0.717) is 23.6 Å². The number of nitrogens with one attached hydrogen (secondary N) is 1. The molecule has 0 saturated heterocycles. The molecular weight excluding hydrogens is 468 g/mol. The van der Waals surface area contributed by atoms with Crippen LogP contribution in [0.15, 0.2) is 77.3 Å². The van der Waals surface area contributed by atoms with Crippen LogP contribution >= 0.6 is 0 Å². The van der Waals surface area contributed by atoms with Crippen molar-refractivity contribution in [2.24, 2.45) is 0 Å². The van der Waals surface area contributed by atoms with Crippen molar-refractivity contribution in [2.45, 2.75) is 45.1 Å². The number of carbonyl (C=O) groups is 2. The summed E-state index contributed by atoms with van der Waals surface area (Å²) in [5.41, 5.74) is 6.72. The minimum Gasteiger partial charge on any atom is -0.481 e. The Morgan fingerprint density at radius 3 is 2.46 bits per heavy atom. The summed E-state index contributed by atoms with van der Waals surface area (Å²) >= 11 is 0. The molecule has 1 heterocycles. The zero-order valence-corrected chi connectivity index (χ0v) is 20.7. The molecule has 0 saturated carbocycles. The van der Waals surface area contributed by atoms with Crippen molar-refractivity contribution in [3.05, 3.63) is 95.2 Å². The highest BCUT2D eigenvalue weighted by molar-refractivity contribution is 5.91. The molecule has 188 valence electrons. The summed E-state index contributed by atoms with van der Waals surface area (Å²) < 4.78 is 11.1. The van der Waals surface area contributed by atoms with Gasteiger partial charge in [0.15, 0.2) is 5.76 Å². The summed E-state index contributed by atoms with van der Waals surface area (Å²) in [7, 11) is 0. The quantitative estimate of drug-likeness (QED) is 0.294. The monoisotopic (exact) mass is 496 g/mol. The molecule has 5 rings (SSSR count). The fraction of sp³-hybridized carbons (Fsp3) is 0.233. The Labute approximate surface area is 215 Å². The first-order valence-corrected chi connectivity index (χ1v) is 12.4. The fourth-order valence-corrected chi connectivity index (χ4v) is 4.86. The maximum Gasteiger partial charge on any atom is 0.412 e. The van der Waals surface area contributed by atoms with E-state index in [4.69, 9.17) is 9.26 Å². The third-order valence-corrected chi connectivity index (χ3v) is 6.88. The predicted octanol–water partition coefficient (Wildman–Crippen LogP) is 7.13. The first kappa shape index (κ1) is 24.3. The number of amides is 1. The Morgan fingerprint density at radius 2 is 1.73 bits per heavy atom. The molecule has 1 unspecified atom stereocenters. The number of rotatable bonds is 6. The van der Waals surface area contributed by atoms with E-state index in [1.54, 1.807) is 6.92 Å². The van der Waals surface area contributed by atoms with Gasteiger partial charge >= 0.3 is 12.1 Å². The number of carboxylic acids is 1. The molecule has 2 N–H and O–H groups in total. The minimum absolute atomic E-state index is 0.411. The van der Waals surface area contributed by atoms with Crippen LogP contribution in [0, 0.1) is 6.92 Å². The number of carboxylic acid groups (broad SMARTS) is 1. The lowest BCUT2D eigenvalue weighted by Crippen LogP contribution is -2.17. The number of carbonyl (C=O) groups excluding carboxylic acids is 1. The summed E-state index contributed by atoms with van der Waals surface area (Å²) in [6, 6.07) is 23.3. The van der Waals surface area contributed by atoms with E-state index in [2.05, 4.69) is 16.5 Å². The van der Waals surface area contributed by atoms with Crippen molar-refractivity contribution in [1.82, 2.24) is 5.16 Å². The molecule has 0 radical (unpaired) electrons. The van der Waals surface area contributed by atoms with Gasteiger partial charge in [0, 0.05) is 5.56 Å². The number of fused-ring (bicyclic) bond motifs is 1. The fourth-order valence-electron chi connectivity index (χ4n) is 4.86. The van der Waals surface area contributed by atoms with Gasteiger partial charge in [-0.2, -0.15) is 0 Å². The number of hydrogen-bond donors (Lipinski definition) is 2. The number of aryl methyl sites for hydroxylation is 2. The third kappa shape index (κ3) is 5.11. The van der Waals surface area contributed by atoms with Gasteiger partial charge in [0.1, 0.15) is 17.5 Å². The Morgan fingerprint density at radius 1 is 1.03 bits per heavy atom. The first-order valence-electron chi connectivity index (χ1n) is 12.4. The highest BCUT2D eigenvalue weighted by atomic mass is 16.6. The van der Waals surface area contributed by atoms with E-state index < -0.39 is 24.1 Å². The largest absolute Gasteiger partial charge is 0.481 e. The van der Waals surface area contributed by atoms with Crippen molar-refractivity contribution >= 4 is 17.7 Å². The molecule has 1 aliphatic rings. The van der Waals surface area contributed by atoms with Crippen molar-refractivity contribution in [1.29, 1.82) is 0 Å². The van der Waals surface area contributed by atoms with E-state index in [-0.39, 0.29) is 0 Å². The van der Waals surface area contributed by atoms with Crippen LogP contribution in [0.3, 0.4) is 0 Å². The van der Waals surface area contributed by atoms with Gasteiger partial charge in [-0.1, -0.05) is 78.0 Å². The topological polar surface area (TPSA) is 102 Å². The molecular formula is C30H28N2O5. The van der Waals surface area contributed by atoms with Crippen LogP contribution in [0.1, 0.15) is 54.2 Å². The van der Waals surface area contributed by atoms with Crippen LogP contribution < -0.4 is 5.32 Å². The molecule has 1 aliphatic carbocycles. The van der Waals surface area contributed by atoms with E-state index in [1.165, 1.54) is 0 Å². The lowest BCUT2D eigenvalue weighted by Gasteiger charge is -2.23. The Hall–Kier alpha value is -4.39. The number of anilines is 1. The second-order valence-corrected chi connectivity index (χ2v) is 9.33. The molecule has 7 heteroatoms. The van der Waals surface area contributed by atoms with Crippen LogP contribution in [-0.2, 0) is 16.0 Å². The van der Waals surface area contributed by atoms with Gasteiger partial charge < -0.3 is 14.4 Å². The summed E-state index contributed by atoms with van der Waals surface area (Å²) in [4.78, 5) is 24.2. The maximum absolute atomic E-state index is 12.6. The smallest absolute Gasteiger partial charge is 0.412 e. The van der Waals surface area contributed by atoms with Gasteiger partial charge in [0.05, 0.1) is 5.92 Å². The van der Waals surface area contributed by atoms with E-state index >= 15 is 0 Å². The first-order chi connectivity index (χ1) is 17.9. The molecule has 37 heavy (non-hydrogen) atoms. The van der Waals surface area contributed by atoms with Gasteiger partial charge in [0.2, 0.25) is 0 Å². The lowest BCUT2D eigenvalue weighted by atomic mass is 9.81. The van der Waals surface area contributed by atoms with Crippen molar-refractivity contribution in [3.8, 4) is 22.5 Å². The average Bonchev–Trinajstić information content (AvgIpc) is 3.28. The van der Waals surface area contributed by atoms with Crippen LogP contribution in [0.5, 0.6) is 0 Å². The predicted molar refractivity (Wildman–Crippen MR) is 140 cm³/mol. The van der Waals surface area contributed by atoms with Crippen LogP contribution in [-0.4, -0.2) is 22.3 Å². The number of aromatic nitrogens is 1.